The minimum Gasteiger partial charge on any atom is -0.298 e. The molecule has 84 valence electrons. The van der Waals surface area contributed by atoms with Gasteiger partial charge >= 0.3 is 0 Å². The zero-order chi connectivity index (χ0) is 11.0. The van der Waals surface area contributed by atoms with Gasteiger partial charge in [-0.1, -0.05) is 0 Å². The van der Waals surface area contributed by atoms with Crippen LogP contribution in [0.3, 0.4) is 0 Å². The average molecular weight is 235 g/mol. The van der Waals surface area contributed by atoms with Crippen molar-refractivity contribution < 1.29 is 4.39 Å². The maximum absolute atomic E-state index is 13.0. The van der Waals surface area contributed by atoms with Gasteiger partial charge in [-0.2, -0.15) is 0 Å². The van der Waals surface area contributed by atoms with E-state index in [1.54, 1.807) is 23.5 Å². The Bertz CT molecular complexity index is 500. The summed E-state index contributed by atoms with van der Waals surface area (Å²) in [4.78, 5) is 3.82. The van der Waals surface area contributed by atoms with Crippen molar-refractivity contribution in [1.82, 2.24) is 4.90 Å². The van der Waals surface area contributed by atoms with Crippen LogP contribution in [0.2, 0.25) is 0 Å². The van der Waals surface area contributed by atoms with Gasteiger partial charge < -0.3 is 0 Å². The third-order valence-corrected chi connectivity index (χ3v) is 4.21. The van der Waals surface area contributed by atoms with Crippen molar-refractivity contribution in [3.05, 3.63) is 35.0 Å². The molecule has 1 aliphatic rings. The van der Waals surface area contributed by atoms with Crippen molar-refractivity contribution in [3.63, 3.8) is 0 Å². The summed E-state index contributed by atoms with van der Waals surface area (Å²) in [6, 6.07) is 7.17. The summed E-state index contributed by atoms with van der Waals surface area (Å²) in [5.41, 5.74) is 0. The van der Waals surface area contributed by atoms with Crippen molar-refractivity contribution in [2.45, 2.75) is 19.4 Å². The Morgan fingerprint density at radius 2 is 2.00 bits per heavy atom. The van der Waals surface area contributed by atoms with E-state index in [0.29, 0.717) is 0 Å². The number of nitrogens with zero attached hydrogens (tertiary/aromatic N) is 1. The molecule has 0 spiro atoms. The van der Waals surface area contributed by atoms with E-state index in [2.05, 4.69) is 11.0 Å². The second-order valence-corrected chi connectivity index (χ2v) is 5.55. The molecule has 1 aromatic heterocycles. The molecular formula is C13H14FNS. The second kappa shape index (κ2) is 4.15. The van der Waals surface area contributed by atoms with Crippen LogP contribution >= 0.6 is 11.3 Å². The van der Waals surface area contributed by atoms with Crippen LogP contribution in [-0.2, 0) is 6.54 Å². The van der Waals surface area contributed by atoms with E-state index < -0.39 is 0 Å². The monoisotopic (exact) mass is 235 g/mol. The first-order chi connectivity index (χ1) is 7.81. The number of hydrogen-bond donors (Lipinski definition) is 0. The molecule has 3 heteroatoms. The standard InChI is InChI=1S/C13H14FNS/c14-11-3-4-13-10(7-11)8-12(16-13)9-15-5-1-2-6-15/h3-4,7-8H,1-2,5-6,9H2. The molecule has 1 aromatic carbocycles. The fraction of sp³-hybridized carbons (Fsp3) is 0.385. The van der Waals surface area contributed by atoms with Crippen LogP contribution in [0.4, 0.5) is 4.39 Å². The second-order valence-electron chi connectivity index (χ2n) is 4.38. The number of hydrogen-bond acceptors (Lipinski definition) is 2. The molecule has 1 saturated heterocycles. The van der Waals surface area contributed by atoms with E-state index in [4.69, 9.17) is 0 Å². The smallest absolute Gasteiger partial charge is 0.123 e. The van der Waals surface area contributed by atoms with Crippen molar-refractivity contribution in [2.75, 3.05) is 13.1 Å². The molecule has 1 aliphatic heterocycles. The first kappa shape index (κ1) is 10.2. The molecule has 3 rings (SSSR count). The van der Waals surface area contributed by atoms with Crippen LogP contribution in [0.15, 0.2) is 24.3 Å². The first-order valence-electron chi connectivity index (χ1n) is 5.71. The van der Waals surface area contributed by atoms with Crippen LogP contribution in [0, 0.1) is 5.82 Å². The Labute approximate surface area is 98.5 Å². The molecule has 0 radical (unpaired) electrons. The van der Waals surface area contributed by atoms with E-state index in [9.17, 15) is 4.39 Å². The van der Waals surface area contributed by atoms with Crippen LogP contribution in [-0.4, -0.2) is 18.0 Å². The quantitative estimate of drug-likeness (QED) is 0.768. The van der Waals surface area contributed by atoms with Crippen molar-refractivity contribution in [2.24, 2.45) is 0 Å². The van der Waals surface area contributed by atoms with Gasteiger partial charge in [0.25, 0.3) is 0 Å². The predicted octanol–water partition coefficient (Wildman–Crippen LogP) is 3.64. The lowest BCUT2D eigenvalue weighted by molar-refractivity contribution is 0.334. The highest BCUT2D eigenvalue weighted by molar-refractivity contribution is 7.19. The highest BCUT2D eigenvalue weighted by Gasteiger charge is 2.13. The third kappa shape index (κ3) is 1.97. The van der Waals surface area contributed by atoms with Gasteiger partial charge in [-0.05, 0) is 55.6 Å². The first-order valence-corrected chi connectivity index (χ1v) is 6.53. The minimum atomic E-state index is -0.141. The van der Waals surface area contributed by atoms with Crippen molar-refractivity contribution in [3.8, 4) is 0 Å². The highest BCUT2D eigenvalue weighted by atomic mass is 32.1. The predicted molar refractivity (Wildman–Crippen MR) is 66.3 cm³/mol. The SMILES string of the molecule is Fc1ccc2sc(CN3CCCC3)cc2c1. The number of thiophene rings is 1. The van der Waals surface area contributed by atoms with E-state index >= 15 is 0 Å². The van der Waals surface area contributed by atoms with Crippen molar-refractivity contribution >= 4 is 21.4 Å². The zero-order valence-electron chi connectivity index (χ0n) is 9.08. The van der Waals surface area contributed by atoms with E-state index in [1.807, 2.05) is 6.07 Å². The highest BCUT2D eigenvalue weighted by Crippen LogP contribution is 2.27. The van der Waals surface area contributed by atoms with Crippen LogP contribution < -0.4 is 0 Å². The molecule has 0 saturated carbocycles. The van der Waals surface area contributed by atoms with Crippen LogP contribution in [0.5, 0.6) is 0 Å². The molecule has 16 heavy (non-hydrogen) atoms. The lowest BCUT2D eigenvalue weighted by Crippen LogP contribution is -2.17. The molecule has 0 atom stereocenters. The van der Waals surface area contributed by atoms with Gasteiger partial charge in [0.05, 0.1) is 0 Å². The Morgan fingerprint density at radius 3 is 2.81 bits per heavy atom. The van der Waals surface area contributed by atoms with Crippen LogP contribution in [0.1, 0.15) is 17.7 Å². The molecule has 1 nitrogen and oxygen atoms in total. The molecule has 2 aromatic rings. The van der Waals surface area contributed by atoms with E-state index in [0.717, 1.165) is 11.9 Å². The Balaban J connectivity index is 1.86. The number of rotatable bonds is 2. The molecule has 0 bridgehead atoms. The number of fused-ring (bicyclic) bond motifs is 1. The summed E-state index contributed by atoms with van der Waals surface area (Å²) in [7, 11) is 0. The fourth-order valence-electron chi connectivity index (χ4n) is 2.31. The summed E-state index contributed by atoms with van der Waals surface area (Å²) < 4.78 is 14.2. The van der Waals surface area contributed by atoms with Gasteiger partial charge in [-0.25, -0.2) is 4.39 Å². The normalized spacial score (nSPS) is 17.3. The topological polar surface area (TPSA) is 3.24 Å². The van der Waals surface area contributed by atoms with Gasteiger partial charge in [0.15, 0.2) is 0 Å². The molecular weight excluding hydrogens is 221 g/mol. The largest absolute Gasteiger partial charge is 0.298 e. The number of halogens is 1. The van der Waals surface area contributed by atoms with E-state index in [1.165, 1.54) is 35.5 Å². The van der Waals surface area contributed by atoms with Gasteiger partial charge in [-0.15, -0.1) is 11.3 Å². The van der Waals surface area contributed by atoms with Gasteiger partial charge in [0, 0.05) is 16.1 Å². The average Bonchev–Trinajstić information content (AvgIpc) is 2.86. The summed E-state index contributed by atoms with van der Waals surface area (Å²) in [5.74, 6) is -0.141. The van der Waals surface area contributed by atoms with Crippen molar-refractivity contribution in [1.29, 1.82) is 0 Å². The Kier molecular flexibility index (Phi) is 2.65. The third-order valence-electron chi connectivity index (χ3n) is 3.11. The number of likely N-dealkylation sites (tertiary alicyclic amines) is 1. The molecule has 1 fully saturated rings. The summed E-state index contributed by atoms with van der Waals surface area (Å²) in [6.07, 6.45) is 2.64. The maximum Gasteiger partial charge on any atom is 0.123 e. The lowest BCUT2D eigenvalue weighted by atomic mass is 10.2. The van der Waals surface area contributed by atoms with E-state index in [-0.39, 0.29) is 5.82 Å². The maximum atomic E-state index is 13.0. The lowest BCUT2D eigenvalue weighted by Gasteiger charge is -2.12. The number of benzene rings is 1. The summed E-state index contributed by atoms with van der Waals surface area (Å²) in [5, 5.41) is 1.04. The van der Waals surface area contributed by atoms with Gasteiger partial charge in [0.1, 0.15) is 5.82 Å². The summed E-state index contributed by atoms with van der Waals surface area (Å²) in [6.45, 7) is 3.45. The molecule has 0 amide bonds. The molecule has 0 N–H and O–H groups in total. The Morgan fingerprint density at radius 1 is 1.19 bits per heavy atom. The van der Waals surface area contributed by atoms with Gasteiger partial charge in [-0.3, -0.25) is 4.90 Å². The Hall–Kier alpha value is -0.930. The van der Waals surface area contributed by atoms with Crippen LogP contribution in [0.25, 0.3) is 10.1 Å². The molecule has 0 aliphatic carbocycles. The minimum absolute atomic E-state index is 0.141. The molecule has 0 unspecified atom stereocenters. The van der Waals surface area contributed by atoms with Gasteiger partial charge in [0.2, 0.25) is 0 Å². The summed E-state index contributed by atoms with van der Waals surface area (Å²) >= 11 is 1.78. The zero-order valence-corrected chi connectivity index (χ0v) is 9.89. The molecule has 2 heterocycles. The fourth-order valence-corrected chi connectivity index (χ4v) is 3.40.